The average molecular weight is 248 g/mol. The third-order valence-electron chi connectivity index (χ3n) is 3.16. The Bertz CT molecular complexity index is 413. The van der Waals surface area contributed by atoms with E-state index in [4.69, 9.17) is 0 Å². The van der Waals surface area contributed by atoms with Gasteiger partial charge < -0.3 is 5.32 Å². The number of benzene rings is 1. The Kier molecular flexibility index (Phi) is 4.50. The third kappa shape index (κ3) is 3.93. The molecular formula is C15H21FN2. The van der Waals surface area contributed by atoms with E-state index in [9.17, 15) is 4.39 Å². The minimum absolute atomic E-state index is 0.124. The standard InChI is InChI=1S/C15H21FN2/c1-3-8-18(2)11-13-9-12(4-7-15(13)16)10-17-14-5-6-14/h3-4,7,9,14,17H,1,5-6,8,10-11H2,2H3. The molecule has 1 fully saturated rings. The van der Waals surface area contributed by atoms with E-state index < -0.39 is 0 Å². The minimum atomic E-state index is -0.124. The van der Waals surface area contributed by atoms with Crippen LogP contribution in [0.25, 0.3) is 0 Å². The summed E-state index contributed by atoms with van der Waals surface area (Å²) >= 11 is 0. The molecule has 1 aliphatic carbocycles. The molecule has 1 aliphatic rings. The molecule has 2 nitrogen and oxygen atoms in total. The van der Waals surface area contributed by atoms with Crippen LogP contribution in [0.5, 0.6) is 0 Å². The topological polar surface area (TPSA) is 15.3 Å². The van der Waals surface area contributed by atoms with Gasteiger partial charge in [-0.2, -0.15) is 0 Å². The van der Waals surface area contributed by atoms with Gasteiger partial charge in [0.15, 0.2) is 0 Å². The predicted molar refractivity (Wildman–Crippen MR) is 72.8 cm³/mol. The number of hydrogen-bond donors (Lipinski definition) is 1. The summed E-state index contributed by atoms with van der Waals surface area (Å²) in [6.07, 6.45) is 4.38. The molecule has 18 heavy (non-hydrogen) atoms. The molecule has 0 spiro atoms. The molecule has 0 amide bonds. The van der Waals surface area contributed by atoms with Crippen LogP contribution in [0.2, 0.25) is 0 Å². The van der Waals surface area contributed by atoms with Crippen molar-refractivity contribution in [1.29, 1.82) is 0 Å². The maximum absolute atomic E-state index is 13.7. The van der Waals surface area contributed by atoms with Crippen molar-refractivity contribution in [2.75, 3.05) is 13.6 Å². The lowest BCUT2D eigenvalue weighted by molar-refractivity contribution is 0.356. The van der Waals surface area contributed by atoms with Crippen LogP contribution >= 0.6 is 0 Å². The first-order chi connectivity index (χ1) is 8.69. The van der Waals surface area contributed by atoms with Crippen LogP contribution in [0, 0.1) is 5.82 Å². The fourth-order valence-electron chi connectivity index (χ4n) is 1.98. The van der Waals surface area contributed by atoms with Gasteiger partial charge in [0.2, 0.25) is 0 Å². The Balaban J connectivity index is 1.97. The summed E-state index contributed by atoms with van der Waals surface area (Å²) in [5.41, 5.74) is 1.92. The van der Waals surface area contributed by atoms with Crippen molar-refractivity contribution in [3.05, 3.63) is 47.8 Å². The van der Waals surface area contributed by atoms with E-state index in [0.29, 0.717) is 12.6 Å². The monoisotopic (exact) mass is 248 g/mol. The molecule has 1 N–H and O–H groups in total. The van der Waals surface area contributed by atoms with E-state index in [0.717, 1.165) is 24.2 Å². The number of likely N-dealkylation sites (N-methyl/N-ethyl adjacent to an activating group) is 1. The molecule has 98 valence electrons. The summed E-state index contributed by atoms with van der Waals surface area (Å²) in [5.74, 6) is -0.124. The number of nitrogens with one attached hydrogen (secondary N) is 1. The summed E-state index contributed by atoms with van der Waals surface area (Å²) in [6, 6.07) is 6.08. The molecule has 0 heterocycles. The fourth-order valence-corrected chi connectivity index (χ4v) is 1.98. The van der Waals surface area contributed by atoms with Crippen LogP contribution < -0.4 is 5.32 Å². The van der Waals surface area contributed by atoms with Crippen molar-refractivity contribution in [3.63, 3.8) is 0 Å². The molecule has 0 bridgehead atoms. The van der Waals surface area contributed by atoms with Gasteiger partial charge in [-0.3, -0.25) is 4.90 Å². The van der Waals surface area contributed by atoms with Gasteiger partial charge in [0.25, 0.3) is 0 Å². The van der Waals surface area contributed by atoms with E-state index in [-0.39, 0.29) is 5.82 Å². The second kappa shape index (κ2) is 6.12. The zero-order chi connectivity index (χ0) is 13.0. The highest BCUT2D eigenvalue weighted by Crippen LogP contribution is 2.20. The summed E-state index contributed by atoms with van der Waals surface area (Å²) in [4.78, 5) is 2.05. The number of hydrogen-bond acceptors (Lipinski definition) is 2. The maximum atomic E-state index is 13.7. The maximum Gasteiger partial charge on any atom is 0.127 e. The average Bonchev–Trinajstić information content (AvgIpc) is 3.14. The van der Waals surface area contributed by atoms with Crippen molar-refractivity contribution in [1.82, 2.24) is 10.2 Å². The molecule has 1 saturated carbocycles. The second-order valence-corrected chi connectivity index (χ2v) is 5.07. The summed E-state index contributed by atoms with van der Waals surface area (Å²) in [7, 11) is 1.97. The van der Waals surface area contributed by atoms with Crippen molar-refractivity contribution in [2.24, 2.45) is 0 Å². The smallest absolute Gasteiger partial charge is 0.127 e. The van der Waals surface area contributed by atoms with Gasteiger partial charge in [0, 0.05) is 31.2 Å². The fraction of sp³-hybridized carbons (Fsp3) is 0.467. The molecule has 1 aromatic carbocycles. The number of nitrogens with zero attached hydrogens (tertiary/aromatic N) is 1. The van der Waals surface area contributed by atoms with Crippen molar-refractivity contribution in [2.45, 2.75) is 32.0 Å². The molecule has 0 aromatic heterocycles. The van der Waals surface area contributed by atoms with E-state index in [1.54, 1.807) is 6.07 Å². The van der Waals surface area contributed by atoms with Crippen molar-refractivity contribution >= 4 is 0 Å². The van der Waals surface area contributed by atoms with E-state index in [1.165, 1.54) is 12.8 Å². The van der Waals surface area contributed by atoms with Gasteiger partial charge in [0.1, 0.15) is 5.82 Å². The van der Waals surface area contributed by atoms with Gasteiger partial charge in [0.05, 0.1) is 0 Å². The van der Waals surface area contributed by atoms with Gasteiger partial charge in [-0.1, -0.05) is 18.2 Å². The Labute approximate surface area is 108 Å². The molecule has 2 rings (SSSR count). The molecule has 0 radical (unpaired) electrons. The summed E-state index contributed by atoms with van der Waals surface area (Å²) in [5, 5.41) is 3.45. The first kappa shape index (κ1) is 13.2. The highest BCUT2D eigenvalue weighted by atomic mass is 19.1. The lowest BCUT2D eigenvalue weighted by Crippen LogP contribution is -2.19. The van der Waals surface area contributed by atoms with Gasteiger partial charge in [-0.05, 0) is 31.5 Å². The first-order valence-corrected chi connectivity index (χ1v) is 6.49. The summed E-state index contributed by atoms with van der Waals surface area (Å²) < 4.78 is 13.7. The predicted octanol–water partition coefficient (Wildman–Crippen LogP) is 2.70. The third-order valence-corrected chi connectivity index (χ3v) is 3.16. The highest BCUT2D eigenvalue weighted by Gasteiger charge is 2.20. The second-order valence-electron chi connectivity index (χ2n) is 5.07. The number of halogens is 1. The first-order valence-electron chi connectivity index (χ1n) is 6.49. The highest BCUT2D eigenvalue weighted by molar-refractivity contribution is 5.25. The van der Waals surface area contributed by atoms with Crippen molar-refractivity contribution < 1.29 is 4.39 Å². The van der Waals surface area contributed by atoms with Crippen LogP contribution in [-0.4, -0.2) is 24.5 Å². The van der Waals surface area contributed by atoms with Crippen LogP contribution in [0.1, 0.15) is 24.0 Å². The zero-order valence-corrected chi connectivity index (χ0v) is 11.0. The van der Waals surface area contributed by atoms with E-state index >= 15 is 0 Å². The quantitative estimate of drug-likeness (QED) is 0.746. The van der Waals surface area contributed by atoms with Gasteiger partial charge in [-0.25, -0.2) is 4.39 Å². The van der Waals surface area contributed by atoms with Crippen LogP contribution in [-0.2, 0) is 13.1 Å². The van der Waals surface area contributed by atoms with Crippen LogP contribution in [0.4, 0.5) is 4.39 Å². The normalized spacial score (nSPS) is 15.1. The Hall–Kier alpha value is -1.19. The molecule has 0 aliphatic heterocycles. The lowest BCUT2D eigenvalue weighted by atomic mass is 10.1. The van der Waals surface area contributed by atoms with Crippen molar-refractivity contribution in [3.8, 4) is 0 Å². The molecular weight excluding hydrogens is 227 g/mol. The molecule has 1 aromatic rings. The van der Waals surface area contributed by atoms with Gasteiger partial charge >= 0.3 is 0 Å². The molecule has 0 saturated heterocycles. The number of rotatable bonds is 7. The van der Waals surface area contributed by atoms with E-state index in [1.807, 2.05) is 30.2 Å². The Morgan fingerprint density at radius 3 is 2.94 bits per heavy atom. The SMILES string of the molecule is C=CCN(C)Cc1cc(CNC2CC2)ccc1F. The minimum Gasteiger partial charge on any atom is -0.310 e. The van der Waals surface area contributed by atoms with E-state index in [2.05, 4.69) is 11.9 Å². The van der Waals surface area contributed by atoms with Crippen LogP contribution in [0.15, 0.2) is 30.9 Å². The molecule has 0 unspecified atom stereocenters. The zero-order valence-electron chi connectivity index (χ0n) is 11.0. The summed E-state index contributed by atoms with van der Waals surface area (Å²) in [6.45, 7) is 5.92. The Morgan fingerprint density at radius 2 is 2.28 bits per heavy atom. The Morgan fingerprint density at radius 1 is 1.50 bits per heavy atom. The molecule has 0 atom stereocenters. The van der Waals surface area contributed by atoms with Crippen LogP contribution in [0.3, 0.4) is 0 Å². The van der Waals surface area contributed by atoms with Gasteiger partial charge in [-0.15, -0.1) is 6.58 Å². The lowest BCUT2D eigenvalue weighted by Gasteiger charge is -2.15. The largest absolute Gasteiger partial charge is 0.310 e. The molecule has 3 heteroatoms.